The van der Waals surface area contributed by atoms with Crippen LogP contribution in [0.25, 0.3) is 21.5 Å². The summed E-state index contributed by atoms with van der Waals surface area (Å²) in [5.74, 6) is 1.59. The van der Waals surface area contributed by atoms with Crippen molar-refractivity contribution in [1.29, 1.82) is 0 Å². The zero-order chi connectivity index (χ0) is 22.9. The second kappa shape index (κ2) is 9.43. The molecule has 6 rings (SSSR count). The molecule has 6 heteroatoms. The molecule has 5 nitrogen and oxygen atoms in total. The fraction of sp³-hybridized carbons (Fsp3) is 0.393. The number of thiazole rings is 1. The number of hydrogen-bond acceptors (Lipinski definition) is 6. The van der Waals surface area contributed by atoms with E-state index in [1.807, 2.05) is 12.1 Å². The highest BCUT2D eigenvalue weighted by Gasteiger charge is 2.16. The Kier molecular flexibility index (Phi) is 6.02. The first-order valence-corrected chi connectivity index (χ1v) is 13.4. The number of fused-ring (bicyclic) bond motifs is 2. The lowest BCUT2D eigenvalue weighted by Crippen LogP contribution is -2.32. The van der Waals surface area contributed by atoms with E-state index >= 15 is 0 Å². The Hall–Kier alpha value is -2.83. The molecule has 0 amide bonds. The van der Waals surface area contributed by atoms with Crippen LogP contribution in [-0.2, 0) is 19.4 Å². The Labute approximate surface area is 205 Å². The lowest BCUT2D eigenvalue weighted by Gasteiger charge is -2.30. The average molecular weight is 470 g/mol. The molecule has 2 aromatic carbocycles. The maximum absolute atomic E-state index is 4.76. The third kappa shape index (κ3) is 4.70. The second-order valence-electron chi connectivity index (χ2n) is 9.90. The normalized spacial score (nSPS) is 17.1. The molecule has 0 spiro atoms. The number of hydrogen-bond donors (Lipinski definition) is 1. The Bertz CT molecular complexity index is 1290. The standard InChI is InChI=1S/C28H31N5S/c1-19-12-14-33(15-13-19)18-20-6-9-25-26(16-20)34-28(29-25)30-27-11-10-24(31-32-27)23-8-7-21-4-2-3-5-22(21)17-23/h6-11,16-17,19H,2-5,12-15,18H2,1H3,(H,29,30,32). The maximum Gasteiger partial charge on any atom is 0.189 e. The van der Waals surface area contributed by atoms with E-state index in [-0.39, 0.29) is 0 Å². The van der Waals surface area contributed by atoms with Crippen LogP contribution in [0.2, 0.25) is 0 Å². The molecular weight excluding hydrogens is 438 g/mol. The van der Waals surface area contributed by atoms with Gasteiger partial charge in [-0.05, 0) is 105 Å². The molecular formula is C28H31N5S. The van der Waals surface area contributed by atoms with Gasteiger partial charge in [-0.25, -0.2) is 4.98 Å². The topological polar surface area (TPSA) is 53.9 Å². The van der Waals surface area contributed by atoms with Crippen LogP contribution >= 0.6 is 11.3 Å². The van der Waals surface area contributed by atoms with Gasteiger partial charge in [-0.2, -0.15) is 0 Å². The summed E-state index contributed by atoms with van der Waals surface area (Å²) in [4.78, 5) is 7.33. The van der Waals surface area contributed by atoms with Crippen molar-refractivity contribution in [2.45, 2.75) is 52.0 Å². The monoisotopic (exact) mass is 469 g/mol. The molecule has 0 bridgehead atoms. The van der Waals surface area contributed by atoms with E-state index in [4.69, 9.17) is 4.98 Å². The Balaban J connectivity index is 1.14. The van der Waals surface area contributed by atoms with Gasteiger partial charge in [0.1, 0.15) is 0 Å². The van der Waals surface area contributed by atoms with Gasteiger partial charge in [0.05, 0.1) is 15.9 Å². The first kappa shape index (κ1) is 21.7. The number of anilines is 2. The second-order valence-corrected chi connectivity index (χ2v) is 10.9. The molecule has 0 unspecified atom stereocenters. The van der Waals surface area contributed by atoms with Crippen LogP contribution in [0.5, 0.6) is 0 Å². The van der Waals surface area contributed by atoms with Gasteiger partial charge in [0.2, 0.25) is 0 Å². The highest BCUT2D eigenvalue weighted by molar-refractivity contribution is 7.22. The molecule has 174 valence electrons. The van der Waals surface area contributed by atoms with Gasteiger partial charge in [0.15, 0.2) is 10.9 Å². The van der Waals surface area contributed by atoms with Crippen LogP contribution in [0.4, 0.5) is 10.9 Å². The highest BCUT2D eigenvalue weighted by Crippen LogP contribution is 2.30. The third-order valence-electron chi connectivity index (χ3n) is 7.28. The first-order valence-electron chi connectivity index (χ1n) is 12.5. The minimum atomic E-state index is 0.725. The van der Waals surface area contributed by atoms with Crippen molar-refractivity contribution < 1.29 is 0 Å². The van der Waals surface area contributed by atoms with Crippen molar-refractivity contribution in [3.8, 4) is 11.3 Å². The molecule has 0 radical (unpaired) electrons. The van der Waals surface area contributed by atoms with Gasteiger partial charge >= 0.3 is 0 Å². The fourth-order valence-electron chi connectivity index (χ4n) is 5.15. The van der Waals surface area contributed by atoms with Crippen molar-refractivity contribution in [3.63, 3.8) is 0 Å². The zero-order valence-corrected chi connectivity index (χ0v) is 20.6. The number of aromatic nitrogens is 3. The van der Waals surface area contributed by atoms with Crippen LogP contribution < -0.4 is 5.32 Å². The van der Waals surface area contributed by atoms with Gasteiger partial charge in [-0.3, -0.25) is 4.90 Å². The van der Waals surface area contributed by atoms with E-state index in [9.17, 15) is 0 Å². The van der Waals surface area contributed by atoms with Gasteiger partial charge in [-0.15, -0.1) is 10.2 Å². The number of likely N-dealkylation sites (tertiary alicyclic amines) is 1. The lowest BCUT2D eigenvalue weighted by atomic mass is 9.90. The van der Waals surface area contributed by atoms with Crippen LogP contribution in [-0.4, -0.2) is 33.2 Å². The molecule has 0 atom stereocenters. The zero-order valence-electron chi connectivity index (χ0n) is 19.8. The smallest absolute Gasteiger partial charge is 0.189 e. The maximum atomic E-state index is 4.76. The van der Waals surface area contributed by atoms with E-state index in [0.717, 1.165) is 40.2 Å². The van der Waals surface area contributed by atoms with Crippen molar-refractivity contribution in [2.75, 3.05) is 18.4 Å². The predicted octanol–water partition coefficient (Wildman–Crippen LogP) is 6.61. The summed E-state index contributed by atoms with van der Waals surface area (Å²) in [5.41, 5.74) is 7.42. The van der Waals surface area contributed by atoms with Crippen LogP contribution in [0, 0.1) is 5.92 Å². The quantitative estimate of drug-likeness (QED) is 0.356. The number of aryl methyl sites for hydroxylation is 2. The summed E-state index contributed by atoms with van der Waals surface area (Å²) in [5, 5.41) is 13.1. The minimum Gasteiger partial charge on any atom is -0.315 e. The minimum absolute atomic E-state index is 0.725. The average Bonchev–Trinajstić information content (AvgIpc) is 3.27. The third-order valence-corrected chi connectivity index (χ3v) is 8.21. The molecule has 1 aliphatic carbocycles. The fourth-order valence-corrected chi connectivity index (χ4v) is 6.09. The van der Waals surface area contributed by atoms with Crippen molar-refractivity contribution in [1.82, 2.24) is 20.1 Å². The number of nitrogens with zero attached hydrogens (tertiary/aromatic N) is 4. The molecule has 1 saturated heterocycles. The van der Waals surface area contributed by atoms with Gasteiger partial charge < -0.3 is 5.32 Å². The predicted molar refractivity (Wildman–Crippen MR) is 141 cm³/mol. The molecule has 2 aliphatic rings. The Morgan fingerprint density at radius 1 is 0.941 bits per heavy atom. The van der Waals surface area contributed by atoms with Crippen LogP contribution in [0.15, 0.2) is 48.5 Å². The largest absolute Gasteiger partial charge is 0.315 e. The number of benzene rings is 2. The molecule has 34 heavy (non-hydrogen) atoms. The molecule has 4 aromatic rings. The molecule has 2 aromatic heterocycles. The SMILES string of the molecule is CC1CCN(Cc2ccc3nc(Nc4ccc(-c5ccc6c(c5)CCCC6)nn4)sc3c2)CC1. The van der Waals surface area contributed by atoms with Crippen molar-refractivity contribution >= 4 is 32.5 Å². The highest BCUT2D eigenvalue weighted by atomic mass is 32.1. The van der Waals surface area contributed by atoms with E-state index in [1.54, 1.807) is 11.3 Å². The van der Waals surface area contributed by atoms with Crippen LogP contribution in [0.3, 0.4) is 0 Å². The van der Waals surface area contributed by atoms with Gasteiger partial charge in [0, 0.05) is 12.1 Å². The Morgan fingerprint density at radius 2 is 1.79 bits per heavy atom. The summed E-state index contributed by atoms with van der Waals surface area (Å²) < 4.78 is 1.21. The first-order chi connectivity index (χ1) is 16.7. The number of rotatable bonds is 5. The van der Waals surface area contributed by atoms with Crippen molar-refractivity contribution in [3.05, 3.63) is 65.2 Å². The molecule has 3 heterocycles. The lowest BCUT2D eigenvalue weighted by molar-refractivity contribution is 0.185. The van der Waals surface area contributed by atoms with E-state index in [0.29, 0.717) is 0 Å². The molecule has 0 saturated carbocycles. The Morgan fingerprint density at radius 3 is 2.62 bits per heavy atom. The van der Waals surface area contributed by atoms with Crippen molar-refractivity contribution in [2.24, 2.45) is 5.92 Å². The summed E-state index contributed by atoms with van der Waals surface area (Å²) in [6.45, 7) is 5.80. The number of nitrogens with one attached hydrogen (secondary N) is 1. The van der Waals surface area contributed by atoms with E-state index in [2.05, 4.69) is 63.7 Å². The molecule has 1 fully saturated rings. The number of piperidine rings is 1. The summed E-state index contributed by atoms with van der Waals surface area (Å²) >= 11 is 1.68. The van der Waals surface area contributed by atoms with E-state index < -0.39 is 0 Å². The molecule has 1 N–H and O–H groups in total. The van der Waals surface area contributed by atoms with Crippen LogP contribution in [0.1, 0.15) is 49.3 Å². The molecule has 1 aliphatic heterocycles. The summed E-state index contributed by atoms with van der Waals surface area (Å²) in [6.07, 6.45) is 7.58. The summed E-state index contributed by atoms with van der Waals surface area (Å²) in [6, 6.07) is 17.4. The van der Waals surface area contributed by atoms with Gasteiger partial charge in [0.25, 0.3) is 0 Å². The summed E-state index contributed by atoms with van der Waals surface area (Å²) in [7, 11) is 0. The van der Waals surface area contributed by atoms with E-state index in [1.165, 1.54) is 73.0 Å². The van der Waals surface area contributed by atoms with Gasteiger partial charge in [-0.1, -0.05) is 36.5 Å².